The lowest BCUT2D eigenvalue weighted by Crippen LogP contribution is -2.75. The molecule has 1 saturated heterocycles. The summed E-state index contributed by atoms with van der Waals surface area (Å²) in [7, 11) is -1.30. The van der Waals surface area contributed by atoms with Crippen molar-refractivity contribution >= 4 is 32.8 Å². The van der Waals surface area contributed by atoms with Gasteiger partial charge in [-0.1, -0.05) is 18.2 Å². The van der Waals surface area contributed by atoms with Crippen molar-refractivity contribution in [1.29, 1.82) is 0 Å². The van der Waals surface area contributed by atoms with Crippen LogP contribution in [-0.4, -0.2) is 69.1 Å². The number of aromatic nitrogens is 1. The first-order chi connectivity index (χ1) is 18.6. The summed E-state index contributed by atoms with van der Waals surface area (Å²) in [4.78, 5) is 31.3. The van der Waals surface area contributed by atoms with Gasteiger partial charge < -0.3 is 19.1 Å². The third kappa shape index (κ3) is 5.34. The van der Waals surface area contributed by atoms with Crippen LogP contribution in [0.15, 0.2) is 59.5 Å². The molecule has 2 heterocycles. The number of sulfonamides is 1. The van der Waals surface area contributed by atoms with E-state index in [4.69, 9.17) is 14.2 Å². The minimum atomic E-state index is -4.10. The van der Waals surface area contributed by atoms with Crippen molar-refractivity contribution in [2.24, 2.45) is 5.92 Å². The summed E-state index contributed by atoms with van der Waals surface area (Å²) in [6.07, 6.45) is 1.30. The zero-order valence-electron chi connectivity index (χ0n) is 22.0. The van der Waals surface area contributed by atoms with Gasteiger partial charge in [0.05, 0.1) is 36.7 Å². The van der Waals surface area contributed by atoms with E-state index in [0.29, 0.717) is 18.6 Å². The lowest BCUT2D eigenvalue weighted by molar-refractivity contribution is -0.164. The van der Waals surface area contributed by atoms with Gasteiger partial charge in [0.1, 0.15) is 12.4 Å². The quantitative estimate of drug-likeness (QED) is 0.401. The topological polar surface area (TPSA) is 124 Å². The molecule has 3 aromatic rings. The highest BCUT2D eigenvalue weighted by atomic mass is 32.2. The molecule has 1 amide bonds. The molecule has 1 N–H and O–H groups in total. The van der Waals surface area contributed by atoms with Crippen molar-refractivity contribution in [3.8, 4) is 5.75 Å². The Bertz CT molecular complexity index is 1500. The Hall–Kier alpha value is -3.54. The van der Waals surface area contributed by atoms with E-state index >= 15 is 0 Å². The molecule has 39 heavy (non-hydrogen) atoms. The van der Waals surface area contributed by atoms with Crippen LogP contribution in [0.25, 0.3) is 10.9 Å². The van der Waals surface area contributed by atoms with Crippen LogP contribution in [-0.2, 0) is 35.7 Å². The number of hydrogen-bond acceptors (Lipinski definition) is 8. The number of rotatable bonds is 9. The maximum Gasteiger partial charge on any atom is 0.330 e. The molecule has 1 aromatic heterocycles. The number of pyridine rings is 1. The van der Waals surface area contributed by atoms with Crippen molar-refractivity contribution in [2.75, 3.05) is 27.3 Å². The Morgan fingerprint density at radius 1 is 1.08 bits per heavy atom. The SMILES string of the molecule is COC(=O)C1(NS(=O)(=O)c2ccc(OCc3cc(C)nc4ccccc34)cc2)CN(C(=O)C2CC(OC)C2)C1. The van der Waals surface area contributed by atoms with Crippen molar-refractivity contribution in [1.82, 2.24) is 14.6 Å². The summed E-state index contributed by atoms with van der Waals surface area (Å²) < 4.78 is 45.0. The summed E-state index contributed by atoms with van der Waals surface area (Å²) >= 11 is 0. The highest BCUT2D eigenvalue weighted by molar-refractivity contribution is 7.89. The average Bonchev–Trinajstić information content (AvgIpc) is 2.88. The number of fused-ring (bicyclic) bond motifs is 1. The van der Waals surface area contributed by atoms with Crippen LogP contribution in [0, 0.1) is 12.8 Å². The van der Waals surface area contributed by atoms with Crippen LogP contribution in [0.1, 0.15) is 24.1 Å². The zero-order valence-corrected chi connectivity index (χ0v) is 22.9. The van der Waals surface area contributed by atoms with Crippen LogP contribution in [0.4, 0.5) is 0 Å². The van der Waals surface area contributed by atoms with E-state index in [0.717, 1.165) is 22.2 Å². The lowest BCUT2D eigenvalue weighted by atomic mass is 9.79. The average molecular weight is 554 g/mol. The van der Waals surface area contributed by atoms with Gasteiger partial charge in [0.15, 0.2) is 5.54 Å². The second-order valence-electron chi connectivity index (χ2n) is 10.1. The monoisotopic (exact) mass is 553 g/mol. The maximum absolute atomic E-state index is 13.2. The van der Waals surface area contributed by atoms with Gasteiger partial charge in [-0.25, -0.2) is 13.2 Å². The normalized spacial score (nSPS) is 20.1. The molecule has 1 aliphatic heterocycles. The molecular weight excluding hydrogens is 522 g/mol. The van der Waals surface area contributed by atoms with Crippen LogP contribution in [0.5, 0.6) is 5.75 Å². The Morgan fingerprint density at radius 2 is 1.77 bits per heavy atom. The molecule has 0 atom stereocenters. The predicted molar refractivity (Wildman–Crippen MR) is 142 cm³/mol. The van der Waals surface area contributed by atoms with E-state index in [1.165, 1.54) is 24.1 Å². The number of nitrogens with one attached hydrogen (secondary N) is 1. The Kier molecular flexibility index (Phi) is 7.32. The number of carbonyl (C=O) groups is 2. The molecule has 0 spiro atoms. The smallest absolute Gasteiger partial charge is 0.330 e. The van der Waals surface area contributed by atoms with Gasteiger partial charge in [0.2, 0.25) is 15.9 Å². The lowest BCUT2D eigenvalue weighted by Gasteiger charge is -2.49. The fourth-order valence-corrected chi connectivity index (χ4v) is 6.46. The summed E-state index contributed by atoms with van der Waals surface area (Å²) in [6.45, 7) is 2.03. The number of methoxy groups -OCH3 is 2. The molecule has 0 bridgehead atoms. The largest absolute Gasteiger partial charge is 0.489 e. The van der Waals surface area contributed by atoms with E-state index in [1.54, 1.807) is 19.2 Å². The fourth-order valence-electron chi connectivity index (χ4n) is 5.12. The van der Waals surface area contributed by atoms with Crippen LogP contribution in [0.2, 0.25) is 0 Å². The summed E-state index contributed by atoms with van der Waals surface area (Å²) in [5.41, 5.74) is 1.19. The number of likely N-dealkylation sites (tertiary alicyclic amines) is 1. The molecule has 2 aromatic carbocycles. The molecule has 0 unspecified atom stereocenters. The number of nitrogens with zero attached hydrogens (tertiary/aromatic N) is 2. The van der Waals surface area contributed by atoms with Gasteiger partial charge in [-0.3, -0.25) is 9.78 Å². The summed E-state index contributed by atoms with van der Waals surface area (Å²) in [5.74, 6) is -0.534. The van der Waals surface area contributed by atoms with Crippen molar-refractivity contribution in [3.63, 3.8) is 0 Å². The van der Waals surface area contributed by atoms with Crippen molar-refractivity contribution in [2.45, 2.75) is 42.9 Å². The zero-order chi connectivity index (χ0) is 27.8. The number of aryl methyl sites for hydroxylation is 1. The van der Waals surface area contributed by atoms with Crippen LogP contribution in [0.3, 0.4) is 0 Å². The van der Waals surface area contributed by atoms with Crippen molar-refractivity contribution < 1.29 is 32.2 Å². The van der Waals surface area contributed by atoms with E-state index in [-0.39, 0.29) is 42.5 Å². The van der Waals surface area contributed by atoms with Gasteiger partial charge in [-0.15, -0.1) is 0 Å². The molecule has 1 saturated carbocycles. The number of carbonyl (C=O) groups excluding carboxylic acids is 2. The molecule has 0 radical (unpaired) electrons. The molecule has 10 nitrogen and oxygen atoms in total. The molecule has 2 aliphatic rings. The number of hydrogen-bond donors (Lipinski definition) is 1. The minimum absolute atomic E-state index is 0.0324. The first kappa shape index (κ1) is 27.0. The Labute approximate surface area is 227 Å². The van der Waals surface area contributed by atoms with E-state index in [9.17, 15) is 18.0 Å². The van der Waals surface area contributed by atoms with Crippen molar-refractivity contribution in [3.05, 3.63) is 65.9 Å². The maximum atomic E-state index is 13.2. The molecule has 1 aliphatic carbocycles. The third-order valence-electron chi connectivity index (χ3n) is 7.37. The summed E-state index contributed by atoms with van der Waals surface area (Å²) in [5, 5.41) is 0.989. The molecule has 2 fully saturated rings. The first-order valence-electron chi connectivity index (χ1n) is 12.7. The third-order valence-corrected chi connectivity index (χ3v) is 8.93. The molecule has 11 heteroatoms. The summed E-state index contributed by atoms with van der Waals surface area (Å²) in [6, 6.07) is 15.7. The number of esters is 1. The first-order valence-corrected chi connectivity index (χ1v) is 14.1. The fraction of sp³-hybridized carbons (Fsp3) is 0.393. The van der Waals surface area contributed by atoms with E-state index in [1.807, 2.05) is 37.3 Å². The van der Waals surface area contributed by atoms with E-state index < -0.39 is 21.5 Å². The second-order valence-corrected chi connectivity index (χ2v) is 11.8. The standard InChI is InChI=1S/C28H31N3O7S/c1-18-12-20(24-6-4-5-7-25(24)29-18)15-38-21-8-10-23(11-9-21)39(34,35)30-28(27(33)37-3)16-31(17-28)26(32)19-13-22(14-19)36-2/h4-12,19,22,30H,13-17H2,1-3H3. The van der Waals surface area contributed by atoms with Gasteiger partial charge in [-0.05, 0) is 56.2 Å². The number of amides is 1. The van der Waals surface area contributed by atoms with Gasteiger partial charge in [0, 0.05) is 29.7 Å². The predicted octanol–water partition coefficient (Wildman–Crippen LogP) is 2.58. The van der Waals surface area contributed by atoms with Crippen LogP contribution < -0.4 is 9.46 Å². The van der Waals surface area contributed by atoms with Gasteiger partial charge in [-0.2, -0.15) is 4.72 Å². The highest BCUT2D eigenvalue weighted by Gasteiger charge is 2.56. The van der Waals surface area contributed by atoms with Gasteiger partial charge >= 0.3 is 5.97 Å². The molecular formula is C28H31N3O7S. The Balaban J connectivity index is 1.25. The van der Waals surface area contributed by atoms with E-state index in [2.05, 4.69) is 9.71 Å². The number of ether oxygens (including phenoxy) is 3. The number of benzene rings is 2. The Morgan fingerprint density at radius 3 is 2.44 bits per heavy atom. The highest BCUT2D eigenvalue weighted by Crippen LogP contribution is 2.35. The molecule has 206 valence electrons. The minimum Gasteiger partial charge on any atom is -0.489 e. The number of para-hydroxylation sites is 1. The van der Waals surface area contributed by atoms with Gasteiger partial charge in [0.25, 0.3) is 0 Å². The second kappa shape index (κ2) is 10.6. The molecule has 5 rings (SSSR count). The van der Waals surface area contributed by atoms with Crippen LogP contribution >= 0.6 is 0 Å².